The van der Waals surface area contributed by atoms with Gasteiger partial charge in [0.2, 0.25) is 5.91 Å². The highest BCUT2D eigenvalue weighted by atomic mass is 16.1. The summed E-state index contributed by atoms with van der Waals surface area (Å²) in [6, 6.07) is 8.58. The van der Waals surface area contributed by atoms with Crippen LogP contribution in [0.25, 0.3) is 0 Å². The van der Waals surface area contributed by atoms with Crippen molar-refractivity contribution in [3.8, 4) is 0 Å². The molecule has 0 saturated carbocycles. The number of rotatable bonds is 7. The van der Waals surface area contributed by atoms with Gasteiger partial charge in [0.15, 0.2) is 0 Å². The Bertz CT molecular complexity index is 701. The van der Waals surface area contributed by atoms with E-state index in [1.807, 2.05) is 44.3 Å². The maximum atomic E-state index is 11.7. The molecule has 1 aromatic heterocycles. The summed E-state index contributed by atoms with van der Waals surface area (Å²) < 4.78 is 2.06. The monoisotopic (exact) mass is 342 g/mol. The molecule has 0 aliphatic rings. The van der Waals surface area contributed by atoms with Crippen LogP contribution in [0.5, 0.6) is 0 Å². The summed E-state index contributed by atoms with van der Waals surface area (Å²) in [5.74, 6) is 0.0225. The van der Waals surface area contributed by atoms with Crippen molar-refractivity contribution in [3.63, 3.8) is 0 Å². The number of carbonyl (C=O) groups is 1. The first kappa shape index (κ1) is 19.2. The number of nitrogens with zero attached hydrogens (tertiary/aromatic N) is 2. The van der Waals surface area contributed by atoms with Gasteiger partial charge in [-0.15, -0.1) is 0 Å². The highest BCUT2D eigenvalue weighted by Crippen LogP contribution is 2.20. The zero-order chi connectivity index (χ0) is 18.6. The number of amides is 1. The third kappa shape index (κ3) is 4.92. The second-order valence-corrected chi connectivity index (χ2v) is 7.17. The molecule has 2 rings (SSSR count). The summed E-state index contributed by atoms with van der Waals surface area (Å²) in [7, 11) is 0. The number of hydrogen-bond acceptors (Lipinski definition) is 3. The Hall–Kier alpha value is -2.14. The Balaban J connectivity index is 1.94. The largest absolute Gasteiger partial charge is 0.326 e. The van der Waals surface area contributed by atoms with Crippen LogP contribution in [0.2, 0.25) is 0 Å². The summed E-state index contributed by atoms with van der Waals surface area (Å²) in [5, 5.41) is 10.9. The molecule has 0 bridgehead atoms. The van der Waals surface area contributed by atoms with Gasteiger partial charge in [-0.3, -0.25) is 9.48 Å². The molecule has 2 aromatic rings. The molecule has 0 saturated heterocycles. The van der Waals surface area contributed by atoms with Crippen LogP contribution in [0.1, 0.15) is 63.5 Å². The molecule has 2 N–H and O–H groups in total. The topological polar surface area (TPSA) is 58.9 Å². The Morgan fingerprint density at radius 3 is 2.28 bits per heavy atom. The molecule has 1 atom stereocenters. The first-order valence-electron chi connectivity index (χ1n) is 8.96. The van der Waals surface area contributed by atoms with Crippen LogP contribution in [-0.4, -0.2) is 15.7 Å². The lowest BCUT2D eigenvalue weighted by Crippen LogP contribution is -2.19. The smallest absolute Gasteiger partial charge is 0.226 e. The minimum atomic E-state index is -0.0165. The van der Waals surface area contributed by atoms with Gasteiger partial charge >= 0.3 is 0 Å². The highest BCUT2D eigenvalue weighted by Gasteiger charge is 2.14. The standard InChI is InChI=1S/C20H30N4O/c1-13(2)20(25)23-18-9-7-17(8-10-18)11-21-15(5)19-12-22-24(14(3)4)16(19)6/h7-10,12-15,21H,11H2,1-6H3,(H,23,25)/t15-/m1/s1. The third-order valence-corrected chi connectivity index (χ3v) is 4.40. The molecule has 1 heterocycles. The summed E-state index contributed by atoms with van der Waals surface area (Å²) in [5.41, 5.74) is 4.46. The number of nitrogens with one attached hydrogen (secondary N) is 2. The van der Waals surface area contributed by atoms with E-state index in [1.54, 1.807) is 0 Å². The van der Waals surface area contributed by atoms with Crippen LogP contribution < -0.4 is 10.6 Å². The van der Waals surface area contributed by atoms with Crippen molar-refractivity contribution in [1.82, 2.24) is 15.1 Å². The number of hydrogen-bond donors (Lipinski definition) is 2. The van der Waals surface area contributed by atoms with E-state index >= 15 is 0 Å². The highest BCUT2D eigenvalue weighted by molar-refractivity contribution is 5.92. The van der Waals surface area contributed by atoms with Crippen molar-refractivity contribution in [3.05, 3.63) is 47.3 Å². The van der Waals surface area contributed by atoms with Crippen LogP contribution >= 0.6 is 0 Å². The second kappa shape index (κ2) is 8.30. The van der Waals surface area contributed by atoms with Crippen molar-refractivity contribution in [2.24, 2.45) is 5.92 Å². The van der Waals surface area contributed by atoms with E-state index in [0.717, 1.165) is 12.2 Å². The average molecular weight is 342 g/mol. The molecule has 1 aromatic carbocycles. The molecular formula is C20H30N4O. The number of aromatic nitrogens is 2. The molecule has 0 radical (unpaired) electrons. The van der Waals surface area contributed by atoms with Gasteiger partial charge in [0, 0.05) is 41.5 Å². The van der Waals surface area contributed by atoms with E-state index in [4.69, 9.17) is 0 Å². The molecule has 0 aliphatic heterocycles. The molecule has 0 unspecified atom stereocenters. The third-order valence-electron chi connectivity index (χ3n) is 4.40. The molecule has 0 spiro atoms. The van der Waals surface area contributed by atoms with Crippen LogP contribution in [-0.2, 0) is 11.3 Å². The minimum absolute atomic E-state index is 0.0165. The quantitative estimate of drug-likeness (QED) is 0.792. The van der Waals surface area contributed by atoms with E-state index < -0.39 is 0 Å². The zero-order valence-electron chi connectivity index (χ0n) is 16.1. The van der Waals surface area contributed by atoms with Crippen LogP contribution in [0.4, 0.5) is 5.69 Å². The maximum absolute atomic E-state index is 11.7. The molecule has 136 valence electrons. The lowest BCUT2D eigenvalue weighted by atomic mass is 10.1. The van der Waals surface area contributed by atoms with E-state index in [2.05, 4.69) is 48.1 Å². The predicted octanol–water partition coefficient (Wildman–Crippen LogP) is 4.22. The average Bonchev–Trinajstić information content (AvgIpc) is 2.95. The molecule has 0 aliphatic carbocycles. The van der Waals surface area contributed by atoms with Crippen LogP contribution in [0, 0.1) is 12.8 Å². The zero-order valence-corrected chi connectivity index (χ0v) is 16.1. The van der Waals surface area contributed by atoms with Gasteiger partial charge in [-0.05, 0) is 45.4 Å². The number of carbonyl (C=O) groups excluding carboxylic acids is 1. The Morgan fingerprint density at radius 1 is 1.12 bits per heavy atom. The van der Waals surface area contributed by atoms with Gasteiger partial charge in [0.25, 0.3) is 0 Å². The van der Waals surface area contributed by atoms with Crippen molar-refractivity contribution < 1.29 is 4.79 Å². The first-order valence-corrected chi connectivity index (χ1v) is 8.96. The van der Waals surface area contributed by atoms with Gasteiger partial charge in [0.05, 0.1) is 6.20 Å². The van der Waals surface area contributed by atoms with Crippen molar-refractivity contribution in [1.29, 1.82) is 0 Å². The molecule has 0 fully saturated rings. The summed E-state index contributed by atoms with van der Waals surface area (Å²) in [6.07, 6.45) is 1.96. The number of anilines is 1. The lowest BCUT2D eigenvalue weighted by molar-refractivity contribution is -0.118. The lowest BCUT2D eigenvalue weighted by Gasteiger charge is -2.15. The van der Waals surface area contributed by atoms with Crippen LogP contribution in [0.15, 0.2) is 30.5 Å². The van der Waals surface area contributed by atoms with E-state index in [9.17, 15) is 4.79 Å². The van der Waals surface area contributed by atoms with Crippen LogP contribution in [0.3, 0.4) is 0 Å². The van der Waals surface area contributed by atoms with E-state index in [1.165, 1.54) is 16.8 Å². The Kier molecular flexibility index (Phi) is 6.37. The van der Waals surface area contributed by atoms with Crippen molar-refractivity contribution in [2.45, 2.75) is 60.2 Å². The maximum Gasteiger partial charge on any atom is 0.226 e. The van der Waals surface area contributed by atoms with Gasteiger partial charge in [-0.1, -0.05) is 26.0 Å². The van der Waals surface area contributed by atoms with E-state index in [0.29, 0.717) is 6.04 Å². The molecule has 1 amide bonds. The van der Waals surface area contributed by atoms with Gasteiger partial charge < -0.3 is 10.6 Å². The fourth-order valence-electron chi connectivity index (χ4n) is 2.76. The van der Waals surface area contributed by atoms with Gasteiger partial charge in [-0.2, -0.15) is 5.10 Å². The van der Waals surface area contributed by atoms with Gasteiger partial charge in [-0.25, -0.2) is 0 Å². The molecular weight excluding hydrogens is 312 g/mol. The molecule has 5 nitrogen and oxygen atoms in total. The van der Waals surface area contributed by atoms with Gasteiger partial charge in [0.1, 0.15) is 0 Å². The number of benzene rings is 1. The molecule has 5 heteroatoms. The summed E-state index contributed by atoms with van der Waals surface area (Å²) >= 11 is 0. The minimum Gasteiger partial charge on any atom is -0.326 e. The predicted molar refractivity (Wildman–Crippen MR) is 103 cm³/mol. The summed E-state index contributed by atoms with van der Waals surface area (Å²) in [4.78, 5) is 11.7. The van der Waals surface area contributed by atoms with E-state index in [-0.39, 0.29) is 17.9 Å². The fourth-order valence-corrected chi connectivity index (χ4v) is 2.76. The fraction of sp³-hybridized carbons (Fsp3) is 0.500. The molecule has 25 heavy (non-hydrogen) atoms. The Labute approximate surface area is 150 Å². The summed E-state index contributed by atoms with van der Waals surface area (Å²) in [6.45, 7) is 13.1. The SMILES string of the molecule is Cc1c([C@@H](C)NCc2ccc(NC(=O)C(C)C)cc2)cnn1C(C)C. The van der Waals surface area contributed by atoms with Crippen molar-refractivity contribution in [2.75, 3.05) is 5.32 Å². The second-order valence-electron chi connectivity index (χ2n) is 7.17. The first-order chi connectivity index (χ1) is 11.8. The Morgan fingerprint density at radius 2 is 1.76 bits per heavy atom. The van der Waals surface area contributed by atoms with Crippen molar-refractivity contribution >= 4 is 11.6 Å². The normalized spacial score (nSPS) is 12.6.